The summed E-state index contributed by atoms with van der Waals surface area (Å²) in [5.41, 5.74) is 11.6. The summed E-state index contributed by atoms with van der Waals surface area (Å²) in [6, 6.07) is 51.2. The van der Waals surface area contributed by atoms with Crippen molar-refractivity contribution in [2.45, 2.75) is 0 Å². The van der Waals surface area contributed by atoms with Crippen molar-refractivity contribution < 1.29 is 0 Å². The van der Waals surface area contributed by atoms with Crippen LogP contribution in [0.2, 0.25) is 0 Å². The minimum atomic E-state index is 0.806. The van der Waals surface area contributed by atoms with Crippen LogP contribution in [-0.2, 0) is 0 Å². The van der Waals surface area contributed by atoms with Crippen LogP contribution in [0.1, 0.15) is 22.3 Å². The van der Waals surface area contributed by atoms with E-state index in [1.165, 1.54) is 21.5 Å². The highest BCUT2D eigenvalue weighted by atomic mass is 14.9. The summed E-state index contributed by atoms with van der Waals surface area (Å²) in [7, 11) is 0. The van der Waals surface area contributed by atoms with Crippen LogP contribution in [0.25, 0.3) is 43.8 Å². The Balaban J connectivity index is 1.17. The Morgan fingerprint density at radius 3 is 1.21 bits per heavy atom. The second-order valence-electron chi connectivity index (χ2n) is 12.0. The van der Waals surface area contributed by atoms with E-state index in [0.29, 0.717) is 0 Å². The average Bonchev–Trinajstić information content (AvgIpc) is 3.15. The zero-order chi connectivity index (χ0) is 31.9. The van der Waals surface area contributed by atoms with E-state index in [0.717, 1.165) is 67.3 Å². The van der Waals surface area contributed by atoms with Crippen LogP contribution in [0, 0.1) is 0 Å². The second kappa shape index (κ2) is 11.7. The number of pyridine rings is 2. The third kappa shape index (κ3) is 5.06. The molecule has 48 heavy (non-hydrogen) atoms. The molecule has 4 nitrogen and oxygen atoms in total. The number of aliphatic imine (C=N–C) groups is 2. The van der Waals surface area contributed by atoms with Crippen molar-refractivity contribution in [1.29, 1.82) is 0 Å². The van der Waals surface area contributed by atoms with Crippen LogP contribution in [0.5, 0.6) is 0 Å². The van der Waals surface area contributed by atoms with Gasteiger partial charge in [0.25, 0.3) is 0 Å². The van der Waals surface area contributed by atoms with Crippen molar-refractivity contribution >= 4 is 44.3 Å². The van der Waals surface area contributed by atoms with Gasteiger partial charge >= 0.3 is 0 Å². The predicted octanol–water partition coefficient (Wildman–Crippen LogP) is 10.8. The van der Waals surface area contributed by atoms with Gasteiger partial charge in [0, 0.05) is 47.0 Å². The smallest absolute Gasteiger partial charge is 0.0819 e. The average molecular weight is 613 g/mol. The van der Waals surface area contributed by atoms with Gasteiger partial charge in [0.05, 0.1) is 22.8 Å². The van der Waals surface area contributed by atoms with Crippen molar-refractivity contribution in [3.05, 3.63) is 193 Å². The number of aromatic nitrogens is 2. The molecule has 8 aromatic rings. The molecule has 1 aliphatic heterocycles. The molecule has 3 heterocycles. The van der Waals surface area contributed by atoms with Crippen molar-refractivity contribution in [2.24, 2.45) is 9.98 Å². The Hall–Kier alpha value is -6.52. The molecule has 6 aromatic carbocycles. The molecule has 0 saturated heterocycles. The van der Waals surface area contributed by atoms with E-state index < -0.39 is 0 Å². The van der Waals surface area contributed by atoms with Gasteiger partial charge in [-0.05, 0) is 80.2 Å². The number of hydrogen-bond acceptors (Lipinski definition) is 4. The molecule has 0 saturated carbocycles. The van der Waals surface area contributed by atoms with E-state index in [1.54, 1.807) is 12.4 Å². The Bertz CT molecular complexity index is 2400. The van der Waals surface area contributed by atoms with Gasteiger partial charge in [-0.3, -0.25) is 9.97 Å². The van der Waals surface area contributed by atoms with Crippen LogP contribution in [-0.4, -0.2) is 21.4 Å². The summed E-state index contributed by atoms with van der Waals surface area (Å²) in [6.45, 7) is 0. The van der Waals surface area contributed by atoms with Crippen LogP contribution in [0.4, 0.5) is 11.4 Å². The Morgan fingerprint density at radius 1 is 0.312 bits per heavy atom. The van der Waals surface area contributed by atoms with Gasteiger partial charge in [-0.2, -0.15) is 0 Å². The molecule has 9 rings (SSSR count). The van der Waals surface area contributed by atoms with E-state index in [4.69, 9.17) is 9.98 Å². The monoisotopic (exact) mass is 612 g/mol. The quantitative estimate of drug-likeness (QED) is 0.199. The van der Waals surface area contributed by atoms with Gasteiger partial charge in [0.15, 0.2) is 0 Å². The first-order valence-corrected chi connectivity index (χ1v) is 16.0. The van der Waals surface area contributed by atoms with Crippen LogP contribution >= 0.6 is 0 Å². The summed E-state index contributed by atoms with van der Waals surface area (Å²) in [5.74, 6) is 0. The summed E-state index contributed by atoms with van der Waals surface area (Å²) < 4.78 is 0. The summed E-state index contributed by atoms with van der Waals surface area (Å²) in [5, 5.41) is 4.88. The molecule has 224 valence electrons. The third-order valence-corrected chi connectivity index (χ3v) is 9.01. The summed E-state index contributed by atoms with van der Waals surface area (Å²) in [4.78, 5) is 19.7. The maximum absolute atomic E-state index is 5.34. The lowest BCUT2D eigenvalue weighted by molar-refractivity contribution is 1.26. The standard InChI is InChI=1S/C44H28N4/c1-3-9-31-23-35(17-15-29(31)7-1)33-11-5-13-37(25-33)43-39-27-45-21-19-41(39)48-44(40-28-46-22-20-42(40)47-43)38-14-6-12-34(26-38)36-18-16-30-8-2-4-10-32(30)24-36/h1-28H. The SMILES string of the molecule is c1cc(C2=Nc3ccncc3C(c3cccc(-c4ccc5ccccc5c4)c3)=Nc3ccncc32)cc(-c2ccc3ccccc3c2)c1. The normalized spacial score (nSPS) is 12.4. The molecule has 0 bridgehead atoms. The fourth-order valence-electron chi connectivity index (χ4n) is 6.57. The van der Waals surface area contributed by atoms with Crippen molar-refractivity contribution in [3.63, 3.8) is 0 Å². The fourth-order valence-corrected chi connectivity index (χ4v) is 6.57. The van der Waals surface area contributed by atoms with Crippen molar-refractivity contribution in [3.8, 4) is 22.3 Å². The Kier molecular flexibility index (Phi) is 6.76. The lowest BCUT2D eigenvalue weighted by atomic mass is 9.94. The lowest BCUT2D eigenvalue weighted by Gasteiger charge is -2.18. The van der Waals surface area contributed by atoms with E-state index in [1.807, 2.05) is 24.5 Å². The molecule has 0 amide bonds. The maximum atomic E-state index is 5.34. The van der Waals surface area contributed by atoms with E-state index in [-0.39, 0.29) is 0 Å². The highest BCUT2D eigenvalue weighted by Gasteiger charge is 2.21. The molecule has 0 N–H and O–H groups in total. The fraction of sp³-hybridized carbons (Fsp3) is 0. The first-order valence-electron chi connectivity index (χ1n) is 16.0. The predicted molar refractivity (Wildman–Crippen MR) is 198 cm³/mol. The van der Waals surface area contributed by atoms with E-state index in [9.17, 15) is 0 Å². The number of benzene rings is 6. The molecule has 0 atom stereocenters. The van der Waals surface area contributed by atoms with Crippen LogP contribution in [0.3, 0.4) is 0 Å². The molecule has 0 fully saturated rings. The van der Waals surface area contributed by atoms with Gasteiger partial charge < -0.3 is 0 Å². The third-order valence-electron chi connectivity index (χ3n) is 9.01. The minimum Gasteiger partial charge on any atom is -0.264 e. The van der Waals surface area contributed by atoms with Crippen molar-refractivity contribution in [1.82, 2.24) is 9.97 Å². The number of nitrogens with zero attached hydrogens (tertiary/aromatic N) is 4. The molecule has 0 radical (unpaired) electrons. The minimum absolute atomic E-state index is 0.806. The molecular formula is C44H28N4. The highest BCUT2D eigenvalue weighted by molar-refractivity contribution is 6.22. The Labute approximate surface area is 278 Å². The van der Waals surface area contributed by atoms with Crippen LogP contribution in [0.15, 0.2) is 180 Å². The first-order chi connectivity index (χ1) is 23.8. The molecule has 2 aromatic heterocycles. The molecule has 0 aliphatic carbocycles. The number of rotatable bonds is 4. The molecule has 0 spiro atoms. The summed E-state index contributed by atoms with van der Waals surface area (Å²) >= 11 is 0. The zero-order valence-corrected chi connectivity index (χ0v) is 26.0. The highest BCUT2D eigenvalue weighted by Crippen LogP contribution is 2.35. The van der Waals surface area contributed by atoms with Gasteiger partial charge in [0.2, 0.25) is 0 Å². The lowest BCUT2D eigenvalue weighted by Crippen LogP contribution is -2.11. The number of fused-ring (bicyclic) bond motifs is 4. The van der Waals surface area contributed by atoms with Gasteiger partial charge in [-0.1, -0.05) is 109 Å². The topological polar surface area (TPSA) is 50.5 Å². The molecule has 4 heteroatoms. The summed E-state index contributed by atoms with van der Waals surface area (Å²) in [6.07, 6.45) is 7.33. The van der Waals surface area contributed by atoms with Gasteiger partial charge in [-0.25, -0.2) is 9.98 Å². The zero-order valence-electron chi connectivity index (χ0n) is 26.0. The molecular weight excluding hydrogens is 585 g/mol. The molecule has 1 aliphatic rings. The largest absolute Gasteiger partial charge is 0.264 e. The van der Waals surface area contributed by atoms with E-state index in [2.05, 4.69) is 143 Å². The van der Waals surface area contributed by atoms with E-state index >= 15 is 0 Å². The van der Waals surface area contributed by atoms with Gasteiger partial charge in [-0.15, -0.1) is 0 Å². The van der Waals surface area contributed by atoms with Gasteiger partial charge in [0.1, 0.15) is 0 Å². The molecule has 0 unspecified atom stereocenters. The Morgan fingerprint density at radius 2 is 0.729 bits per heavy atom. The van der Waals surface area contributed by atoms with Crippen LogP contribution < -0.4 is 0 Å². The maximum Gasteiger partial charge on any atom is 0.0819 e. The first kappa shape index (κ1) is 27.8. The number of hydrogen-bond donors (Lipinski definition) is 0. The second-order valence-corrected chi connectivity index (χ2v) is 12.0. The van der Waals surface area contributed by atoms with Crippen molar-refractivity contribution in [2.75, 3.05) is 0 Å².